The average molecular weight is 377 g/mol. The van der Waals surface area contributed by atoms with E-state index in [0.29, 0.717) is 36.1 Å². The average Bonchev–Trinajstić information content (AvgIpc) is 3.13. The number of halogens is 2. The van der Waals surface area contributed by atoms with E-state index in [1.54, 1.807) is 25.2 Å². The Labute approximate surface area is 156 Å². The Kier molecular flexibility index (Phi) is 5.73. The lowest BCUT2D eigenvalue weighted by Gasteiger charge is -2.20. The largest absolute Gasteiger partial charge is 0.492 e. The molecule has 1 atom stereocenters. The van der Waals surface area contributed by atoms with Gasteiger partial charge in [-0.1, -0.05) is 35.0 Å². The van der Waals surface area contributed by atoms with Crippen molar-refractivity contribution < 1.29 is 18.8 Å². The van der Waals surface area contributed by atoms with E-state index in [2.05, 4.69) is 5.16 Å². The van der Waals surface area contributed by atoms with Crippen LogP contribution in [0.4, 0.5) is 4.39 Å². The second kappa shape index (κ2) is 8.19. The molecule has 2 aromatic carbocycles. The molecule has 1 amide bonds. The zero-order valence-electron chi connectivity index (χ0n) is 14.2. The minimum atomic E-state index is -0.669. The first-order valence-electron chi connectivity index (χ1n) is 8.15. The molecule has 0 fully saturated rings. The van der Waals surface area contributed by atoms with Crippen LogP contribution < -0.4 is 4.74 Å². The van der Waals surface area contributed by atoms with Gasteiger partial charge in [-0.2, -0.15) is 0 Å². The first kappa shape index (κ1) is 18.2. The fourth-order valence-corrected chi connectivity index (χ4v) is 2.80. The summed E-state index contributed by atoms with van der Waals surface area (Å²) in [7, 11) is 1.67. The number of carbonyl (C=O) groups is 1. The molecule has 0 aromatic heterocycles. The summed E-state index contributed by atoms with van der Waals surface area (Å²) >= 11 is 6.16. The standard InChI is InChI=1S/C19H18ClFN2O3/c1-23(10-11-25-14-8-6-13(21)7-9-14)19(24)18-12-17(22-26-18)15-4-2-3-5-16(15)20/h2-9,18H,10-12H2,1H3/t18-/m0/s1. The number of hydrogen-bond donors (Lipinski definition) is 0. The summed E-state index contributed by atoms with van der Waals surface area (Å²) in [5.41, 5.74) is 1.43. The summed E-state index contributed by atoms with van der Waals surface area (Å²) in [6.07, 6.45) is -0.303. The first-order chi connectivity index (χ1) is 12.5. The number of carbonyl (C=O) groups excluding carboxylic acids is 1. The van der Waals surface area contributed by atoms with E-state index >= 15 is 0 Å². The highest BCUT2D eigenvalue weighted by Crippen LogP contribution is 2.23. The molecular weight excluding hydrogens is 359 g/mol. The topological polar surface area (TPSA) is 51.1 Å². The number of hydrogen-bond acceptors (Lipinski definition) is 4. The number of benzene rings is 2. The van der Waals surface area contributed by atoms with Gasteiger partial charge < -0.3 is 14.5 Å². The van der Waals surface area contributed by atoms with Crippen LogP contribution in [0.3, 0.4) is 0 Å². The highest BCUT2D eigenvalue weighted by atomic mass is 35.5. The molecule has 0 unspecified atom stereocenters. The van der Waals surface area contributed by atoms with Gasteiger partial charge in [0.25, 0.3) is 5.91 Å². The van der Waals surface area contributed by atoms with Crippen LogP contribution in [0.1, 0.15) is 12.0 Å². The van der Waals surface area contributed by atoms with Gasteiger partial charge in [0.05, 0.1) is 12.3 Å². The summed E-state index contributed by atoms with van der Waals surface area (Å²) in [5.74, 6) is 0.0459. The number of oxime groups is 1. The van der Waals surface area contributed by atoms with Crippen molar-refractivity contribution >= 4 is 23.2 Å². The maximum absolute atomic E-state index is 12.9. The van der Waals surface area contributed by atoms with Crippen molar-refractivity contribution in [1.82, 2.24) is 4.90 Å². The molecule has 0 bridgehead atoms. The van der Waals surface area contributed by atoms with Crippen LogP contribution in [-0.2, 0) is 9.63 Å². The third kappa shape index (κ3) is 4.32. The van der Waals surface area contributed by atoms with Crippen molar-refractivity contribution in [2.45, 2.75) is 12.5 Å². The predicted octanol–water partition coefficient (Wildman–Crippen LogP) is 3.51. The zero-order chi connectivity index (χ0) is 18.5. The molecule has 0 spiro atoms. The second-order valence-electron chi connectivity index (χ2n) is 5.88. The number of likely N-dealkylation sites (N-methyl/N-ethyl adjacent to an activating group) is 1. The van der Waals surface area contributed by atoms with Gasteiger partial charge >= 0.3 is 0 Å². The van der Waals surface area contributed by atoms with Gasteiger partial charge in [-0.3, -0.25) is 4.79 Å². The molecule has 3 rings (SSSR count). The zero-order valence-corrected chi connectivity index (χ0v) is 14.9. The lowest BCUT2D eigenvalue weighted by molar-refractivity contribution is -0.141. The van der Waals surface area contributed by atoms with Crippen LogP contribution in [-0.4, -0.2) is 42.8 Å². The number of rotatable bonds is 6. The highest BCUT2D eigenvalue weighted by Gasteiger charge is 2.31. The minimum absolute atomic E-state index is 0.182. The molecule has 0 radical (unpaired) electrons. The van der Waals surface area contributed by atoms with Crippen molar-refractivity contribution in [3.05, 3.63) is 64.9 Å². The first-order valence-corrected chi connectivity index (χ1v) is 8.53. The molecule has 0 saturated carbocycles. The van der Waals surface area contributed by atoms with Gasteiger partial charge in [0, 0.05) is 24.1 Å². The molecule has 1 heterocycles. The molecule has 1 aliphatic heterocycles. The van der Waals surface area contributed by atoms with Crippen LogP contribution in [0.25, 0.3) is 0 Å². The Balaban J connectivity index is 1.49. The van der Waals surface area contributed by atoms with Crippen LogP contribution in [0.5, 0.6) is 5.75 Å². The smallest absolute Gasteiger partial charge is 0.266 e. The van der Waals surface area contributed by atoms with Crippen molar-refractivity contribution in [1.29, 1.82) is 0 Å². The molecule has 136 valence electrons. The van der Waals surface area contributed by atoms with E-state index in [1.807, 2.05) is 18.2 Å². The van der Waals surface area contributed by atoms with E-state index < -0.39 is 6.10 Å². The Hall–Kier alpha value is -2.60. The van der Waals surface area contributed by atoms with Crippen LogP contribution in [0.2, 0.25) is 5.02 Å². The van der Waals surface area contributed by atoms with Crippen molar-refractivity contribution in [2.24, 2.45) is 5.16 Å². The molecule has 26 heavy (non-hydrogen) atoms. The number of nitrogens with zero attached hydrogens (tertiary/aromatic N) is 2. The predicted molar refractivity (Wildman–Crippen MR) is 97.0 cm³/mol. The molecule has 0 saturated heterocycles. The van der Waals surface area contributed by atoms with E-state index in [0.717, 1.165) is 5.56 Å². The third-order valence-electron chi connectivity index (χ3n) is 4.01. The van der Waals surface area contributed by atoms with Crippen molar-refractivity contribution in [3.8, 4) is 5.75 Å². The maximum atomic E-state index is 12.9. The molecule has 0 aliphatic carbocycles. The Bertz CT molecular complexity index is 811. The van der Waals surface area contributed by atoms with Gasteiger partial charge in [-0.15, -0.1) is 0 Å². The summed E-state index contributed by atoms with van der Waals surface area (Å²) < 4.78 is 18.4. The SMILES string of the molecule is CN(CCOc1ccc(F)cc1)C(=O)[C@@H]1CC(c2ccccc2Cl)=NO1. The fraction of sp³-hybridized carbons (Fsp3) is 0.263. The number of ether oxygens (including phenoxy) is 1. The minimum Gasteiger partial charge on any atom is -0.492 e. The summed E-state index contributed by atoms with van der Waals surface area (Å²) in [6.45, 7) is 0.663. The second-order valence-corrected chi connectivity index (χ2v) is 6.29. The molecular formula is C19H18ClFN2O3. The van der Waals surface area contributed by atoms with E-state index in [-0.39, 0.29) is 11.7 Å². The third-order valence-corrected chi connectivity index (χ3v) is 4.34. The van der Waals surface area contributed by atoms with Crippen LogP contribution in [0.15, 0.2) is 53.7 Å². The molecule has 7 heteroatoms. The molecule has 0 N–H and O–H groups in total. The Morgan fingerprint density at radius 2 is 2.04 bits per heavy atom. The lowest BCUT2D eigenvalue weighted by atomic mass is 10.0. The van der Waals surface area contributed by atoms with Crippen molar-refractivity contribution in [3.63, 3.8) is 0 Å². The summed E-state index contributed by atoms with van der Waals surface area (Å²) in [5, 5.41) is 4.58. The highest BCUT2D eigenvalue weighted by molar-refractivity contribution is 6.34. The van der Waals surface area contributed by atoms with Gasteiger partial charge in [0.2, 0.25) is 6.10 Å². The van der Waals surface area contributed by atoms with E-state index in [9.17, 15) is 9.18 Å². The molecule has 2 aromatic rings. The van der Waals surface area contributed by atoms with Crippen molar-refractivity contribution in [2.75, 3.05) is 20.2 Å². The van der Waals surface area contributed by atoms with Crippen LogP contribution >= 0.6 is 11.6 Å². The van der Waals surface area contributed by atoms with Gasteiger partial charge in [-0.25, -0.2) is 4.39 Å². The van der Waals surface area contributed by atoms with Gasteiger partial charge in [-0.05, 0) is 30.3 Å². The fourth-order valence-electron chi connectivity index (χ4n) is 2.55. The molecule has 1 aliphatic rings. The van der Waals surface area contributed by atoms with E-state index in [4.69, 9.17) is 21.2 Å². The number of amides is 1. The maximum Gasteiger partial charge on any atom is 0.266 e. The summed E-state index contributed by atoms with van der Waals surface area (Å²) in [6, 6.07) is 13.0. The van der Waals surface area contributed by atoms with Crippen LogP contribution in [0, 0.1) is 5.82 Å². The Morgan fingerprint density at radius 1 is 1.31 bits per heavy atom. The van der Waals surface area contributed by atoms with E-state index in [1.165, 1.54) is 17.0 Å². The summed E-state index contributed by atoms with van der Waals surface area (Å²) in [4.78, 5) is 19.3. The van der Waals surface area contributed by atoms with Gasteiger partial charge in [0.1, 0.15) is 18.2 Å². The molecule has 5 nitrogen and oxygen atoms in total. The monoisotopic (exact) mass is 376 g/mol. The van der Waals surface area contributed by atoms with Gasteiger partial charge in [0.15, 0.2) is 0 Å². The quantitative estimate of drug-likeness (QED) is 0.775. The lowest BCUT2D eigenvalue weighted by Crippen LogP contribution is -2.38. The normalized spacial score (nSPS) is 16.0. The Morgan fingerprint density at radius 3 is 2.77 bits per heavy atom.